The summed E-state index contributed by atoms with van der Waals surface area (Å²) in [6.07, 6.45) is 5.52. The normalized spacial score (nSPS) is 18.4. The van der Waals surface area contributed by atoms with Crippen molar-refractivity contribution in [1.29, 1.82) is 0 Å². The lowest BCUT2D eigenvalue weighted by Gasteiger charge is -2.19. The van der Waals surface area contributed by atoms with E-state index in [1.165, 1.54) is 6.08 Å². The van der Waals surface area contributed by atoms with Crippen LogP contribution in [0.4, 0.5) is 0 Å². The maximum absolute atomic E-state index is 11.5. The molecule has 4 nitrogen and oxygen atoms in total. The minimum absolute atomic E-state index is 0.0252. The van der Waals surface area contributed by atoms with Crippen LogP contribution in [0.2, 0.25) is 0 Å². The molecule has 1 heterocycles. The highest BCUT2D eigenvalue weighted by molar-refractivity contribution is 5.87. The average molecular weight is 304 g/mol. The first-order valence-corrected chi connectivity index (χ1v) is 7.91. The van der Waals surface area contributed by atoms with E-state index in [0.29, 0.717) is 13.2 Å². The van der Waals surface area contributed by atoms with E-state index in [9.17, 15) is 4.79 Å². The predicted octanol–water partition coefficient (Wildman–Crippen LogP) is 3.52. The molecule has 1 saturated heterocycles. The molecular formula is C18H24O4. The van der Waals surface area contributed by atoms with Crippen LogP contribution in [-0.2, 0) is 19.0 Å². The minimum Gasteiger partial charge on any atom is -0.463 e. The van der Waals surface area contributed by atoms with E-state index < -0.39 is 0 Å². The molecule has 1 aliphatic rings. The highest BCUT2D eigenvalue weighted by Gasteiger charge is 2.25. The number of ether oxygens (including phenoxy) is 3. The molecule has 0 aromatic heterocycles. The highest BCUT2D eigenvalue weighted by Crippen LogP contribution is 2.28. The number of rotatable bonds is 9. The largest absolute Gasteiger partial charge is 0.463 e. The molecule has 120 valence electrons. The predicted molar refractivity (Wildman–Crippen MR) is 85.5 cm³/mol. The fraction of sp³-hybridized carbons (Fsp3) is 0.500. The standard InChI is InChI=1S/C18H24O4/c1-3-7-17(22-13-15-12-21-15)16-9-6-5-8-14(16)10-11-18(19)20-4-2/h5-6,8-11,15,17H,3-4,7,12-13H2,1-2H3/b11-10+/t15?,17-/m1/s1. The number of carbonyl (C=O) groups excluding carboxylic acids is 1. The lowest BCUT2D eigenvalue weighted by atomic mass is 9.98. The molecule has 0 bridgehead atoms. The lowest BCUT2D eigenvalue weighted by molar-refractivity contribution is -0.137. The summed E-state index contributed by atoms with van der Waals surface area (Å²) in [5, 5.41) is 0. The number of hydrogen-bond donors (Lipinski definition) is 0. The summed E-state index contributed by atoms with van der Waals surface area (Å²) in [6, 6.07) is 8.00. The molecule has 0 radical (unpaired) electrons. The van der Waals surface area contributed by atoms with Crippen LogP contribution in [0.1, 0.15) is 43.9 Å². The van der Waals surface area contributed by atoms with Crippen molar-refractivity contribution in [1.82, 2.24) is 0 Å². The molecule has 0 spiro atoms. The van der Waals surface area contributed by atoms with Gasteiger partial charge in [0.2, 0.25) is 0 Å². The molecule has 1 aliphatic heterocycles. The van der Waals surface area contributed by atoms with Crippen LogP contribution in [0.3, 0.4) is 0 Å². The number of epoxide rings is 1. The fourth-order valence-electron chi connectivity index (χ4n) is 2.28. The monoisotopic (exact) mass is 304 g/mol. The molecule has 2 atom stereocenters. The Bertz CT molecular complexity index is 506. The van der Waals surface area contributed by atoms with Gasteiger partial charge in [-0.3, -0.25) is 0 Å². The molecule has 22 heavy (non-hydrogen) atoms. The molecule has 1 fully saturated rings. The molecule has 1 aromatic rings. The first-order valence-electron chi connectivity index (χ1n) is 7.91. The van der Waals surface area contributed by atoms with Gasteiger partial charge in [0.15, 0.2) is 0 Å². The van der Waals surface area contributed by atoms with Crippen LogP contribution in [0, 0.1) is 0 Å². The van der Waals surface area contributed by atoms with Crippen LogP contribution in [-0.4, -0.2) is 31.9 Å². The van der Waals surface area contributed by atoms with Crippen molar-refractivity contribution in [3.05, 3.63) is 41.5 Å². The van der Waals surface area contributed by atoms with Crippen molar-refractivity contribution >= 4 is 12.0 Å². The smallest absolute Gasteiger partial charge is 0.330 e. The highest BCUT2D eigenvalue weighted by atomic mass is 16.6. The topological polar surface area (TPSA) is 48.1 Å². The maximum atomic E-state index is 11.5. The van der Waals surface area contributed by atoms with E-state index in [2.05, 4.69) is 13.0 Å². The van der Waals surface area contributed by atoms with Crippen molar-refractivity contribution in [2.45, 2.75) is 38.9 Å². The molecule has 0 saturated carbocycles. The van der Waals surface area contributed by atoms with E-state index in [-0.39, 0.29) is 18.2 Å². The Hall–Kier alpha value is -1.65. The van der Waals surface area contributed by atoms with Gasteiger partial charge in [0, 0.05) is 6.08 Å². The summed E-state index contributed by atoms with van der Waals surface area (Å²) >= 11 is 0. The van der Waals surface area contributed by atoms with Crippen LogP contribution < -0.4 is 0 Å². The third kappa shape index (κ3) is 5.28. The summed E-state index contributed by atoms with van der Waals surface area (Å²) in [7, 11) is 0. The van der Waals surface area contributed by atoms with E-state index in [0.717, 1.165) is 30.6 Å². The van der Waals surface area contributed by atoms with Gasteiger partial charge in [0.1, 0.15) is 6.10 Å². The second-order valence-electron chi connectivity index (χ2n) is 5.28. The van der Waals surface area contributed by atoms with Gasteiger partial charge >= 0.3 is 5.97 Å². The van der Waals surface area contributed by atoms with Gasteiger partial charge in [-0.05, 0) is 30.5 Å². The van der Waals surface area contributed by atoms with Gasteiger partial charge in [0.25, 0.3) is 0 Å². The van der Waals surface area contributed by atoms with Gasteiger partial charge in [-0.1, -0.05) is 37.6 Å². The summed E-state index contributed by atoms with van der Waals surface area (Å²) in [5.41, 5.74) is 2.09. The van der Waals surface area contributed by atoms with Crippen LogP contribution in [0.15, 0.2) is 30.3 Å². The van der Waals surface area contributed by atoms with Crippen molar-refractivity contribution in [2.24, 2.45) is 0 Å². The number of hydrogen-bond acceptors (Lipinski definition) is 4. The average Bonchev–Trinajstić information content (AvgIpc) is 3.34. The van der Waals surface area contributed by atoms with Gasteiger partial charge < -0.3 is 14.2 Å². The SMILES string of the molecule is CCC[C@@H](OCC1CO1)c1ccccc1/C=C/C(=O)OCC. The molecular weight excluding hydrogens is 280 g/mol. The van der Waals surface area contributed by atoms with Crippen molar-refractivity contribution in [3.63, 3.8) is 0 Å². The van der Waals surface area contributed by atoms with Crippen LogP contribution in [0.25, 0.3) is 6.08 Å². The zero-order valence-corrected chi connectivity index (χ0v) is 13.3. The first-order chi connectivity index (χ1) is 10.7. The molecule has 4 heteroatoms. The lowest BCUT2D eigenvalue weighted by Crippen LogP contribution is -2.10. The maximum Gasteiger partial charge on any atom is 0.330 e. The molecule has 0 aliphatic carbocycles. The summed E-state index contributed by atoms with van der Waals surface area (Å²) in [5.74, 6) is -0.323. The number of esters is 1. The quantitative estimate of drug-likeness (QED) is 0.398. The Morgan fingerprint density at radius 1 is 1.41 bits per heavy atom. The third-order valence-corrected chi connectivity index (χ3v) is 3.46. The van der Waals surface area contributed by atoms with Gasteiger partial charge in [-0.15, -0.1) is 0 Å². The Balaban J connectivity index is 2.10. The van der Waals surface area contributed by atoms with E-state index >= 15 is 0 Å². The summed E-state index contributed by atoms with van der Waals surface area (Å²) in [6.45, 7) is 5.74. The van der Waals surface area contributed by atoms with E-state index in [1.54, 1.807) is 13.0 Å². The third-order valence-electron chi connectivity index (χ3n) is 3.46. The van der Waals surface area contributed by atoms with Crippen molar-refractivity contribution < 1.29 is 19.0 Å². The van der Waals surface area contributed by atoms with Gasteiger partial charge in [-0.2, -0.15) is 0 Å². The molecule has 1 unspecified atom stereocenters. The Morgan fingerprint density at radius 3 is 2.86 bits per heavy atom. The molecule has 0 amide bonds. The Labute approximate surface area is 132 Å². The Kier molecular flexibility index (Phi) is 6.62. The molecule has 1 aromatic carbocycles. The fourth-order valence-corrected chi connectivity index (χ4v) is 2.28. The van der Waals surface area contributed by atoms with Crippen LogP contribution in [0.5, 0.6) is 0 Å². The summed E-state index contributed by atoms with van der Waals surface area (Å²) < 4.78 is 16.1. The van der Waals surface area contributed by atoms with Crippen molar-refractivity contribution in [2.75, 3.05) is 19.8 Å². The zero-order chi connectivity index (χ0) is 15.8. The zero-order valence-electron chi connectivity index (χ0n) is 13.3. The molecule has 2 rings (SSSR count). The minimum atomic E-state index is -0.323. The molecule has 0 N–H and O–H groups in total. The number of carbonyl (C=O) groups is 1. The number of benzene rings is 1. The van der Waals surface area contributed by atoms with Crippen molar-refractivity contribution in [3.8, 4) is 0 Å². The van der Waals surface area contributed by atoms with Crippen LogP contribution >= 0.6 is 0 Å². The summed E-state index contributed by atoms with van der Waals surface area (Å²) in [4.78, 5) is 11.5. The first kappa shape index (κ1) is 16.7. The van der Waals surface area contributed by atoms with E-state index in [1.807, 2.05) is 18.2 Å². The second-order valence-corrected chi connectivity index (χ2v) is 5.28. The van der Waals surface area contributed by atoms with E-state index in [4.69, 9.17) is 14.2 Å². The van der Waals surface area contributed by atoms with Gasteiger partial charge in [0.05, 0.1) is 25.9 Å². The Morgan fingerprint density at radius 2 is 2.18 bits per heavy atom. The second kappa shape index (κ2) is 8.71. The van der Waals surface area contributed by atoms with Gasteiger partial charge in [-0.25, -0.2) is 4.79 Å².